The first-order valence-electron chi connectivity index (χ1n) is 7.29. The van der Waals surface area contributed by atoms with E-state index in [4.69, 9.17) is 4.74 Å². The van der Waals surface area contributed by atoms with Crippen LogP contribution in [0.3, 0.4) is 0 Å². The first-order valence-corrected chi connectivity index (χ1v) is 8.11. The molecule has 2 rings (SSSR count). The number of thiophene rings is 1. The molecule has 0 fully saturated rings. The Balaban J connectivity index is 1.93. The molecule has 0 saturated carbocycles. The predicted molar refractivity (Wildman–Crippen MR) is 87.8 cm³/mol. The maximum Gasteiger partial charge on any atom is 0.121 e. The second-order valence-electron chi connectivity index (χ2n) is 4.94. The summed E-state index contributed by atoms with van der Waals surface area (Å²) < 4.78 is 5.84. The third kappa shape index (κ3) is 4.27. The van der Waals surface area contributed by atoms with Crippen molar-refractivity contribution in [2.75, 3.05) is 5.32 Å². The molecule has 0 aliphatic rings. The first kappa shape index (κ1) is 14.9. The van der Waals surface area contributed by atoms with Gasteiger partial charge < -0.3 is 10.1 Å². The van der Waals surface area contributed by atoms with Gasteiger partial charge in [0, 0.05) is 28.1 Å². The molecule has 1 N–H and O–H groups in total. The Morgan fingerprint density at radius 3 is 2.65 bits per heavy atom. The maximum atomic E-state index is 5.84. The van der Waals surface area contributed by atoms with Crippen LogP contribution in [0.4, 0.5) is 5.69 Å². The van der Waals surface area contributed by atoms with Crippen molar-refractivity contribution < 1.29 is 4.74 Å². The highest BCUT2D eigenvalue weighted by molar-refractivity contribution is 7.12. The highest BCUT2D eigenvalue weighted by Crippen LogP contribution is 2.22. The highest BCUT2D eigenvalue weighted by atomic mass is 32.1. The van der Waals surface area contributed by atoms with E-state index in [2.05, 4.69) is 50.4 Å². The number of rotatable bonds is 7. The minimum atomic E-state index is 0.259. The van der Waals surface area contributed by atoms with Gasteiger partial charge in [-0.05, 0) is 44.0 Å². The molecule has 0 bridgehead atoms. The molecule has 1 heterocycles. The number of nitrogens with one attached hydrogen (secondary N) is 1. The van der Waals surface area contributed by atoms with E-state index < -0.39 is 0 Å². The normalized spacial score (nSPS) is 12.2. The van der Waals surface area contributed by atoms with Crippen molar-refractivity contribution in [3.8, 4) is 5.75 Å². The van der Waals surface area contributed by atoms with E-state index in [9.17, 15) is 0 Å². The number of ether oxygens (including phenoxy) is 1. The molecule has 108 valence electrons. The van der Waals surface area contributed by atoms with Crippen molar-refractivity contribution in [1.82, 2.24) is 0 Å². The summed E-state index contributed by atoms with van der Waals surface area (Å²) in [4.78, 5) is 2.81. The van der Waals surface area contributed by atoms with E-state index in [0.29, 0.717) is 0 Å². The van der Waals surface area contributed by atoms with Crippen LogP contribution in [0.15, 0.2) is 36.4 Å². The minimum absolute atomic E-state index is 0.259. The number of benzene rings is 1. The number of anilines is 1. The molecule has 0 amide bonds. The third-order valence-electron chi connectivity index (χ3n) is 3.28. The van der Waals surface area contributed by atoms with Crippen molar-refractivity contribution in [3.05, 3.63) is 46.2 Å². The Bertz CT molecular complexity index is 535. The fourth-order valence-corrected chi connectivity index (χ4v) is 2.79. The van der Waals surface area contributed by atoms with Crippen LogP contribution < -0.4 is 10.1 Å². The van der Waals surface area contributed by atoms with E-state index >= 15 is 0 Å². The van der Waals surface area contributed by atoms with Crippen LogP contribution in [0, 0.1) is 0 Å². The summed E-state index contributed by atoms with van der Waals surface area (Å²) in [5.41, 5.74) is 1.11. The lowest BCUT2D eigenvalue weighted by atomic mass is 10.2. The van der Waals surface area contributed by atoms with Gasteiger partial charge in [0.15, 0.2) is 0 Å². The smallest absolute Gasteiger partial charge is 0.121 e. The first-order chi connectivity index (χ1) is 9.71. The quantitative estimate of drug-likeness (QED) is 0.765. The number of hydrogen-bond donors (Lipinski definition) is 1. The highest BCUT2D eigenvalue weighted by Gasteiger charge is 2.03. The van der Waals surface area contributed by atoms with E-state index in [-0.39, 0.29) is 6.10 Å². The van der Waals surface area contributed by atoms with Gasteiger partial charge in [0.2, 0.25) is 0 Å². The van der Waals surface area contributed by atoms with Crippen LogP contribution in [0.2, 0.25) is 0 Å². The van der Waals surface area contributed by atoms with Crippen LogP contribution in [0.5, 0.6) is 5.75 Å². The lowest BCUT2D eigenvalue weighted by Crippen LogP contribution is -2.09. The van der Waals surface area contributed by atoms with E-state index in [1.807, 2.05) is 23.5 Å². The molecule has 3 heteroatoms. The summed E-state index contributed by atoms with van der Waals surface area (Å²) in [6.45, 7) is 7.29. The summed E-state index contributed by atoms with van der Waals surface area (Å²) in [6, 6.07) is 12.6. The zero-order valence-electron chi connectivity index (χ0n) is 12.5. The molecule has 1 atom stereocenters. The zero-order valence-corrected chi connectivity index (χ0v) is 13.3. The van der Waals surface area contributed by atoms with Gasteiger partial charge in [0.25, 0.3) is 0 Å². The topological polar surface area (TPSA) is 21.3 Å². The van der Waals surface area contributed by atoms with Gasteiger partial charge in [-0.15, -0.1) is 11.3 Å². The Morgan fingerprint density at radius 2 is 1.95 bits per heavy atom. The molecule has 1 aromatic carbocycles. The summed E-state index contributed by atoms with van der Waals surface area (Å²) in [5, 5.41) is 3.46. The largest absolute Gasteiger partial charge is 0.491 e. The average molecular weight is 289 g/mol. The molecule has 2 aromatic rings. The van der Waals surface area contributed by atoms with Crippen LogP contribution >= 0.6 is 11.3 Å². The molecule has 1 unspecified atom stereocenters. The van der Waals surface area contributed by atoms with Crippen molar-refractivity contribution >= 4 is 17.0 Å². The second-order valence-corrected chi connectivity index (χ2v) is 6.19. The Hall–Kier alpha value is -1.48. The monoisotopic (exact) mass is 289 g/mol. The van der Waals surface area contributed by atoms with Crippen molar-refractivity contribution in [2.45, 2.75) is 46.3 Å². The average Bonchev–Trinajstić information content (AvgIpc) is 2.93. The van der Waals surface area contributed by atoms with Crippen molar-refractivity contribution in [1.29, 1.82) is 0 Å². The van der Waals surface area contributed by atoms with Crippen LogP contribution in [0.1, 0.15) is 36.9 Å². The van der Waals surface area contributed by atoms with Crippen LogP contribution in [-0.4, -0.2) is 6.10 Å². The molecule has 0 saturated heterocycles. The van der Waals surface area contributed by atoms with Crippen LogP contribution in [0.25, 0.3) is 0 Å². The second kappa shape index (κ2) is 7.34. The summed E-state index contributed by atoms with van der Waals surface area (Å²) >= 11 is 1.88. The maximum absolute atomic E-state index is 5.84. The Kier molecular flexibility index (Phi) is 5.48. The van der Waals surface area contributed by atoms with Gasteiger partial charge in [0.1, 0.15) is 5.75 Å². The van der Waals surface area contributed by atoms with Gasteiger partial charge >= 0.3 is 0 Å². The Labute approximate surface area is 125 Å². The van der Waals surface area contributed by atoms with E-state index in [0.717, 1.165) is 30.8 Å². The van der Waals surface area contributed by atoms with Gasteiger partial charge in [-0.25, -0.2) is 0 Å². The molecule has 0 aliphatic carbocycles. The number of aryl methyl sites for hydroxylation is 1. The van der Waals surface area contributed by atoms with E-state index in [1.54, 1.807) is 0 Å². The third-order valence-corrected chi connectivity index (χ3v) is 4.51. The van der Waals surface area contributed by atoms with Crippen molar-refractivity contribution in [3.63, 3.8) is 0 Å². The molecule has 0 aliphatic heterocycles. The summed E-state index contributed by atoms with van der Waals surface area (Å²) in [5.74, 6) is 0.935. The molecule has 2 nitrogen and oxygen atoms in total. The van der Waals surface area contributed by atoms with Gasteiger partial charge in [0.05, 0.1) is 6.10 Å². The molecule has 0 radical (unpaired) electrons. The molecular weight excluding hydrogens is 266 g/mol. The molecule has 1 aromatic heterocycles. The SMILES string of the molecule is CCc1ccc(CNc2cccc(OC(C)CC)c2)s1. The fraction of sp³-hybridized carbons (Fsp3) is 0.412. The molecule has 0 spiro atoms. The lowest BCUT2D eigenvalue weighted by Gasteiger charge is -2.13. The summed E-state index contributed by atoms with van der Waals surface area (Å²) in [6.07, 6.45) is 2.39. The minimum Gasteiger partial charge on any atom is -0.491 e. The van der Waals surface area contributed by atoms with Crippen LogP contribution in [-0.2, 0) is 13.0 Å². The zero-order chi connectivity index (χ0) is 14.4. The van der Waals surface area contributed by atoms with Gasteiger partial charge in [-0.1, -0.05) is 19.9 Å². The van der Waals surface area contributed by atoms with E-state index in [1.165, 1.54) is 9.75 Å². The lowest BCUT2D eigenvalue weighted by molar-refractivity contribution is 0.217. The predicted octanol–water partition coefficient (Wildman–Crippen LogP) is 5.10. The van der Waals surface area contributed by atoms with Gasteiger partial charge in [-0.2, -0.15) is 0 Å². The molecular formula is C17H23NOS. The molecule has 20 heavy (non-hydrogen) atoms. The fourth-order valence-electron chi connectivity index (χ4n) is 1.89. The van der Waals surface area contributed by atoms with Crippen molar-refractivity contribution in [2.24, 2.45) is 0 Å². The Morgan fingerprint density at radius 1 is 1.15 bits per heavy atom. The number of hydrogen-bond acceptors (Lipinski definition) is 3. The standard InChI is InChI=1S/C17H23NOS/c1-4-13(3)19-15-8-6-7-14(11-15)18-12-17-10-9-16(5-2)20-17/h6-11,13,18H,4-5,12H2,1-3H3. The van der Waals surface area contributed by atoms with Gasteiger partial charge in [-0.3, -0.25) is 0 Å². The summed E-state index contributed by atoms with van der Waals surface area (Å²) in [7, 11) is 0.